The van der Waals surface area contributed by atoms with Gasteiger partial charge in [0.25, 0.3) is 5.91 Å². The minimum atomic E-state index is -3.02. The van der Waals surface area contributed by atoms with E-state index in [1.54, 1.807) is 0 Å². The number of halogens is 2. The number of rotatable bonds is 10. The largest absolute Gasteiger partial charge is 0.493 e. The maximum Gasteiger partial charge on any atom is 0.387 e. The van der Waals surface area contributed by atoms with Crippen LogP contribution in [0.2, 0.25) is 0 Å². The monoisotopic (exact) mass is 468 g/mol. The summed E-state index contributed by atoms with van der Waals surface area (Å²) in [5.41, 5.74) is 2.26. The van der Waals surface area contributed by atoms with Crippen molar-refractivity contribution >= 4 is 11.8 Å². The van der Waals surface area contributed by atoms with Crippen LogP contribution in [0.25, 0.3) is 0 Å². The van der Waals surface area contributed by atoms with Crippen molar-refractivity contribution in [3.05, 3.63) is 95.6 Å². The highest BCUT2D eigenvalue weighted by Crippen LogP contribution is 2.30. The van der Waals surface area contributed by atoms with Crippen LogP contribution in [0.3, 0.4) is 0 Å². The van der Waals surface area contributed by atoms with E-state index in [1.165, 1.54) is 25.3 Å². The van der Waals surface area contributed by atoms with Crippen LogP contribution in [0.15, 0.2) is 78.9 Å². The van der Waals surface area contributed by atoms with E-state index in [2.05, 4.69) is 15.4 Å². The van der Waals surface area contributed by atoms with Crippen molar-refractivity contribution in [1.29, 1.82) is 0 Å². The second kappa shape index (κ2) is 11.8. The van der Waals surface area contributed by atoms with Crippen LogP contribution >= 0.6 is 0 Å². The summed E-state index contributed by atoms with van der Waals surface area (Å²) in [5.74, 6) is -1.18. The van der Waals surface area contributed by atoms with E-state index in [4.69, 9.17) is 4.74 Å². The van der Waals surface area contributed by atoms with Crippen molar-refractivity contribution in [2.45, 2.75) is 25.5 Å². The van der Waals surface area contributed by atoms with Crippen LogP contribution < -0.4 is 20.1 Å². The molecular formula is C26H26F2N2O4. The molecule has 8 heteroatoms. The highest BCUT2D eigenvalue weighted by Gasteiger charge is 2.23. The minimum absolute atomic E-state index is 0.0143. The second-order valence-electron chi connectivity index (χ2n) is 7.58. The lowest BCUT2D eigenvalue weighted by Crippen LogP contribution is -2.43. The maximum atomic E-state index is 12.6. The number of alkyl halides is 2. The molecule has 3 rings (SSSR count). The average Bonchev–Trinajstić information content (AvgIpc) is 2.84. The normalized spacial score (nSPS) is 11.7. The summed E-state index contributed by atoms with van der Waals surface area (Å²) in [6, 6.07) is 23.3. The lowest BCUT2D eigenvalue weighted by molar-refractivity contribution is -0.120. The van der Waals surface area contributed by atoms with Crippen molar-refractivity contribution in [2.24, 2.45) is 0 Å². The Morgan fingerprint density at radius 1 is 0.882 bits per heavy atom. The van der Waals surface area contributed by atoms with Gasteiger partial charge < -0.3 is 20.1 Å². The molecule has 2 N–H and O–H groups in total. The van der Waals surface area contributed by atoms with Gasteiger partial charge in [-0.2, -0.15) is 8.78 Å². The Morgan fingerprint density at radius 2 is 1.47 bits per heavy atom. The van der Waals surface area contributed by atoms with Gasteiger partial charge in [-0.15, -0.1) is 0 Å². The summed E-state index contributed by atoms with van der Waals surface area (Å²) < 4.78 is 34.3. The van der Waals surface area contributed by atoms with Gasteiger partial charge in [0.05, 0.1) is 13.7 Å². The Morgan fingerprint density at radius 3 is 2.00 bits per heavy atom. The molecule has 0 fully saturated rings. The van der Waals surface area contributed by atoms with Crippen LogP contribution in [-0.2, 0) is 4.79 Å². The molecule has 0 heterocycles. The van der Waals surface area contributed by atoms with Gasteiger partial charge in [0.2, 0.25) is 5.91 Å². The fourth-order valence-electron chi connectivity index (χ4n) is 3.74. The molecule has 0 saturated heterocycles. The van der Waals surface area contributed by atoms with Gasteiger partial charge in [0.15, 0.2) is 11.5 Å². The molecule has 3 aromatic carbocycles. The molecule has 0 aromatic heterocycles. The Labute approximate surface area is 196 Å². The van der Waals surface area contributed by atoms with E-state index < -0.39 is 12.5 Å². The Bertz CT molecular complexity index is 1050. The number of carbonyl (C=O) groups excluding carboxylic acids is 2. The van der Waals surface area contributed by atoms with E-state index in [0.717, 1.165) is 11.1 Å². The number of carbonyl (C=O) groups is 2. The first kappa shape index (κ1) is 24.7. The van der Waals surface area contributed by atoms with E-state index >= 15 is 0 Å². The third-order valence-electron chi connectivity index (χ3n) is 5.26. The number of amides is 2. The standard InChI is InChI=1S/C26H26F2N2O4/c1-17(24(18-9-5-3-6-10-18)19-11-7-4-8-12-19)30-23(31)16-29-25(32)20-13-14-21(34-26(27)28)22(15-20)33-2/h3-15,17,24,26H,16H2,1-2H3,(H,29,32)(H,30,31). The zero-order valence-electron chi connectivity index (χ0n) is 18.8. The lowest BCUT2D eigenvalue weighted by atomic mass is 9.86. The first-order chi connectivity index (χ1) is 16.4. The van der Waals surface area contributed by atoms with Gasteiger partial charge in [-0.25, -0.2) is 0 Å². The van der Waals surface area contributed by atoms with Crippen molar-refractivity contribution in [1.82, 2.24) is 10.6 Å². The van der Waals surface area contributed by atoms with Crippen LogP contribution in [0.1, 0.15) is 34.3 Å². The van der Waals surface area contributed by atoms with E-state index in [0.29, 0.717) is 0 Å². The summed E-state index contributed by atoms with van der Waals surface area (Å²) in [5, 5.41) is 5.49. The van der Waals surface area contributed by atoms with Crippen LogP contribution in [0.4, 0.5) is 8.78 Å². The Balaban J connectivity index is 1.64. The SMILES string of the molecule is COc1cc(C(=O)NCC(=O)NC(C)C(c2ccccc2)c2ccccc2)ccc1OC(F)F. The predicted octanol–water partition coefficient (Wildman–Crippen LogP) is 4.36. The summed E-state index contributed by atoms with van der Waals surface area (Å²) in [6.45, 7) is -1.36. The maximum absolute atomic E-state index is 12.6. The smallest absolute Gasteiger partial charge is 0.387 e. The summed E-state index contributed by atoms with van der Waals surface area (Å²) in [4.78, 5) is 25.1. The summed E-state index contributed by atoms with van der Waals surface area (Å²) >= 11 is 0. The second-order valence-corrected chi connectivity index (χ2v) is 7.58. The summed E-state index contributed by atoms with van der Waals surface area (Å²) in [7, 11) is 1.28. The lowest BCUT2D eigenvalue weighted by Gasteiger charge is -2.26. The summed E-state index contributed by atoms with van der Waals surface area (Å²) in [6.07, 6.45) is 0. The van der Waals surface area contributed by atoms with Crippen LogP contribution in [0, 0.1) is 0 Å². The topological polar surface area (TPSA) is 76.7 Å². The Kier molecular flexibility index (Phi) is 8.56. The van der Waals surface area contributed by atoms with Crippen molar-refractivity contribution < 1.29 is 27.8 Å². The fourth-order valence-corrected chi connectivity index (χ4v) is 3.74. The number of ether oxygens (including phenoxy) is 2. The molecule has 0 bridgehead atoms. The molecule has 0 aliphatic rings. The molecule has 34 heavy (non-hydrogen) atoms. The number of methoxy groups -OCH3 is 1. The van der Waals surface area contributed by atoms with Gasteiger partial charge in [-0.05, 0) is 36.2 Å². The number of hydrogen-bond acceptors (Lipinski definition) is 4. The van der Waals surface area contributed by atoms with Crippen LogP contribution in [0.5, 0.6) is 11.5 Å². The predicted molar refractivity (Wildman–Crippen MR) is 124 cm³/mol. The molecule has 0 aliphatic carbocycles. The van der Waals surface area contributed by atoms with Crippen molar-refractivity contribution in [2.75, 3.05) is 13.7 Å². The fraction of sp³-hybridized carbons (Fsp3) is 0.231. The molecule has 1 atom stereocenters. The Hall–Kier alpha value is -3.94. The first-order valence-corrected chi connectivity index (χ1v) is 10.7. The molecule has 6 nitrogen and oxygen atoms in total. The molecule has 0 saturated carbocycles. The van der Waals surface area contributed by atoms with E-state index in [-0.39, 0.29) is 41.5 Å². The highest BCUT2D eigenvalue weighted by atomic mass is 19.3. The number of benzene rings is 3. The third-order valence-corrected chi connectivity index (χ3v) is 5.26. The van der Waals surface area contributed by atoms with Crippen molar-refractivity contribution in [3.8, 4) is 11.5 Å². The third kappa shape index (κ3) is 6.54. The van der Waals surface area contributed by atoms with Crippen molar-refractivity contribution in [3.63, 3.8) is 0 Å². The zero-order chi connectivity index (χ0) is 24.5. The number of hydrogen-bond donors (Lipinski definition) is 2. The average molecular weight is 469 g/mol. The highest BCUT2D eigenvalue weighted by molar-refractivity contribution is 5.97. The molecule has 0 aliphatic heterocycles. The molecule has 178 valence electrons. The van der Waals surface area contributed by atoms with Crippen LogP contribution in [-0.4, -0.2) is 38.1 Å². The molecule has 2 amide bonds. The van der Waals surface area contributed by atoms with Gasteiger partial charge in [-0.1, -0.05) is 60.7 Å². The zero-order valence-corrected chi connectivity index (χ0v) is 18.8. The van der Waals surface area contributed by atoms with Gasteiger partial charge >= 0.3 is 6.61 Å². The quantitative estimate of drug-likeness (QED) is 0.464. The molecule has 3 aromatic rings. The molecule has 0 radical (unpaired) electrons. The van der Waals surface area contributed by atoms with E-state index in [1.807, 2.05) is 67.6 Å². The van der Waals surface area contributed by atoms with Gasteiger partial charge in [0, 0.05) is 17.5 Å². The molecular weight excluding hydrogens is 442 g/mol. The molecule has 1 unspecified atom stereocenters. The van der Waals surface area contributed by atoms with E-state index in [9.17, 15) is 18.4 Å². The van der Waals surface area contributed by atoms with Gasteiger partial charge in [0.1, 0.15) is 0 Å². The minimum Gasteiger partial charge on any atom is -0.493 e. The molecule has 0 spiro atoms. The van der Waals surface area contributed by atoms with Gasteiger partial charge in [-0.3, -0.25) is 9.59 Å². The first-order valence-electron chi connectivity index (χ1n) is 10.7. The number of nitrogens with one attached hydrogen (secondary N) is 2.